The Labute approximate surface area is 103 Å². The van der Waals surface area contributed by atoms with E-state index in [1.165, 1.54) is 30.5 Å². The summed E-state index contributed by atoms with van der Waals surface area (Å²) in [6.07, 6.45) is 4.24. The molecule has 0 aliphatic heterocycles. The Balaban J connectivity index is 2.16. The van der Waals surface area contributed by atoms with Gasteiger partial charge in [0.05, 0.1) is 11.2 Å². The highest BCUT2D eigenvalue weighted by atomic mass is 16.6. The molecule has 5 nitrogen and oxygen atoms in total. The van der Waals surface area contributed by atoms with Crippen LogP contribution in [0.15, 0.2) is 53.2 Å². The second-order valence-corrected chi connectivity index (χ2v) is 3.53. The number of rotatable bonds is 4. The van der Waals surface area contributed by atoms with Crippen LogP contribution in [-0.4, -0.2) is 10.7 Å². The normalized spacial score (nSPS) is 10.7. The molecule has 2 aromatic rings. The molecule has 90 valence electrons. The monoisotopic (exact) mass is 243 g/mol. The van der Waals surface area contributed by atoms with Crippen molar-refractivity contribution in [1.82, 2.24) is 0 Å². The van der Waals surface area contributed by atoms with E-state index in [0.717, 1.165) is 0 Å². The molecule has 0 aliphatic carbocycles. The Bertz CT molecular complexity index is 599. The third-order valence-electron chi connectivity index (χ3n) is 2.27. The number of carbonyl (C=O) groups excluding carboxylic acids is 1. The molecule has 0 saturated carbocycles. The largest absolute Gasteiger partial charge is 0.461 e. The number of hydrogen-bond acceptors (Lipinski definition) is 4. The number of nitrogens with zero attached hydrogens (tertiary/aromatic N) is 1. The lowest BCUT2D eigenvalue weighted by Gasteiger charge is -1.94. The second-order valence-electron chi connectivity index (χ2n) is 3.53. The summed E-state index contributed by atoms with van der Waals surface area (Å²) < 4.78 is 4.94. The summed E-state index contributed by atoms with van der Waals surface area (Å²) in [6, 6.07) is 9.21. The zero-order valence-corrected chi connectivity index (χ0v) is 9.28. The van der Waals surface area contributed by atoms with Crippen molar-refractivity contribution in [2.24, 2.45) is 0 Å². The molecule has 2 rings (SSSR count). The highest BCUT2D eigenvalue weighted by Crippen LogP contribution is 2.14. The van der Waals surface area contributed by atoms with E-state index in [1.807, 2.05) is 0 Å². The number of furan rings is 1. The number of ketones is 1. The predicted molar refractivity (Wildman–Crippen MR) is 65.2 cm³/mol. The number of allylic oxidation sites excluding steroid dienone is 1. The molecular formula is C13H9NO4. The summed E-state index contributed by atoms with van der Waals surface area (Å²) in [5.74, 6) is -0.0526. The maximum atomic E-state index is 11.6. The van der Waals surface area contributed by atoms with E-state index in [0.29, 0.717) is 5.56 Å². The SMILES string of the molecule is O=C(/C=C/c1cccc([N+](=O)[O-])c1)c1ccco1. The summed E-state index contributed by atoms with van der Waals surface area (Å²) in [5, 5.41) is 10.6. The Morgan fingerprint density at radius 3 is 2.78 bits per heavy atom. The molecule has 18 heavy (non-hydrogen) atoms. The van der Waals surface area contributed by atoms with Crippen molar-refractivity contribution in [3.63, 3.8) is 0 Å². The van der Waals surface area contributed by atoms with E-state index in [2.05, 4.69) is 0 Å². The van der Waals surface area contributed by atoms with Crippen molar-refractivity contribution in [2.45, 2.75) is 0 Å². The summed E-state index contributed by atoms with van der Waals surface area (Å²) in [7, 11) is 0. The second kappa shape index (κ2) is 5.09. The van der Waals surface area contributed by atoms with E-state index < -0.39 is 4.92 Å². The lowest BCUT2D eigenvalue weighted by Crippen LogP contribution is -1.91. The molecule has 0 amide bonds. The van der Waals surface area contributed by atoms with Gasteiger partial charge in [0.25, 0.3) is 5.69 Å². The van der Waals surface area contributed by atoms with E-state index in [4.69, 9.17) is 4.42 Å². The van der Waals surface area contributed by atoms with Crippen LogP contribution >= 0.6 is 0 Å². The van der Waals surface area contributed by atoms with Crippen molar-refractivity contribution >= 4 is 17.5 Å². The maximum Gasteiger partial charge on any atom is 0.270 e. The van der Waals surface area contributed by atoms with Gasteiger partial charge in [-0.05, 0) is 23.8 Å². The predicted octanol–water partition coefficient (Wildman–Crippen LogP) is 3.08. The first kappa shape index (κ1) is 11.8. The van der Waals surface area contributed by atoms with Gasteiger partial charge in [-0.2, -0.15) is 0 Å². The Morgan fingerprint density at radius 2 is 2.11 bits per heavy atom. The van der Waals surface area contributed by atoms with Gasteiger partial charge in [-0.15, -0.1) is 0 Å². The van der Waals surface area contributed by atoms with Gasteiger partial charge in [-0.3, -0.25) is 14.9 Å². The molecule has 0 radical (unpaired) electrons. The van der Waals surface area contributed by atoms with E-state index >= 15 is 0 Å². The molecule has 5 heteroatoms. The van der Waals surface area contributed by atoms with Crippen molar-refractivity contribution in [1.29, 1.82) is 0 Å². The standard InChI is InChI=1S/C13H9NO4/c15-12(13-5-2-8-18-13)7-6-10-3-1-4-11(9-10)14(16)17/h1-9H/b7-6+. The summed E-state index contributed by atoms with van der Waals surface area (Å²) >= 11 is 0. The number of benzene rings is 1. The lowest BCUT2D eigenvalue weighted by molar-refractivity contribution is -0.384. The molecule has 1 aromatic carbocycles. The average molecular weight is 243 g/mol. The zero-order chi connectivity index (χ0) is 13.0. The van der Waals surface area contributed by atoms with E-state index in [-0.39, 0.29) is 17.2 Å². The van der Waals surface area contributed by atoms with Crippen molar-refractivity contribution in [3.05, 3.63) is 70.2 Å². The van der Waals surface area contributed by atoms with Gasteiger partial charge in [0, 0.05) is 12.1 Å². The number of non-ortho nitro benzene ring substituents is 1. The summed E-state index contributed by atoms with van der Waals surface area (Å²) in [4.78, 5) is 21.7. The van der Waals surface area contributed by atoms with Crippen LogP contribution in [0.1, 0.15) is 16.1 Å². The topological polar surface area (TPSA) is 73.3 Å². The van der Waals surface area contributed by atoms with Gasteiger partial charge in [-0.1, -0.05) is 18.2 Å². The molecule has 0 saturated heterocycles. The van der Waals surface area contributed by atoms with Crippen LogP contribution in [0.3, 0.4) is 0 Å². The molecule has 0 atom stereocenters. The van der Waals surface area contributed by atoms with Gasteiger partial charge in [-0.25, -0.2) is 0 Å². The zero-order valence-electron chi connectivity index (χ0n) is 9.28. The van der Waals surface area contributed by atoms with Crippen LogP contribution in [0.4, 0.5) is 5.69 Å². The highest BCUT2D eigenvalue weighted by Gasteiger charge is 2.06. The average Bonchev–Trinajstić information content (AvgIpc) is 2.90. The summed E-state index contributed by atoms with van der Waals surface area (Å²) in [5.41, 5.74) is 0.576. The van der Waals surface area contributed by atoms with Gasteiger partial charge in [0.15, 0.2) is 5.76 Å². The Hall–Kier alpha value is -2.69. The third kappa shape index (κ3) is 2.70. The van der Waals surface area contributed by atoms with Gasteiger partial charge < -0.3 is 4.42 Å². The minimum Gasteiger partial charge on any atom is -0.461 e. The van der Waals surface area contributed by atoms with Crippen molar-refractivity contribution < 1.29 is 14.1 Å². The molecule has 0 aliphatic rings. The first-order valence-electron chi connectivity index (χ1n) is 5.17. The van der Waals surface area contributed by atoms with Crippen molar-refractivity contribution in [3.8, 4) is 0 Å². The fourth-order valence-electron chi connectivity index (χ4n) is 1.41. The number of hydrogen-bond donors (Lipinski definition) is 0. The van der Waals surface area contributed by atoms with Gasteiger partial charge in [0.2, 0.25) is 5.78 Å². The van der Waals surface area contributed by atoms with E-state index in [9.17, 15) is 14.9 Å². The summed E-state index contributed by atoms with van der Waals surface area (Å²) in [6.45, 7) is 0. The molecular weight excluding hydrogens is 234 g/mol. The molecule has 0 fully saturated rings. The molecule has 0 spiro atoms. The van der Waals surface area contributed by atoms with Crippen LogP contribution in [0.5, 0.6) is 0 Å². The number of nitro benzene ring substituents is 1. The van der Waals surface area contributed by atoms with Gasteiger partial charge >= 0.3 is 0 Å². The Kier molecular flexibility index (Phi) is 3.33. The number of nitro groups is 1. The lowest BCUT2D eigenvalue weighted by atomic mass is 10.1. The fourth-order valence-corrected chi connectivity index (χ4v) is 1.41. The molecule has 0 N–H and O–H groups in total. The van der Waals surface area contributed by atoms with Crippen molar-refractivity contribution in [2.75, 3.05) is 0 Å². The van der Waals surface area contributed by atoms with Crippen LogP contribution in [0.2, 0.25) is 0 Å². The number of carbonyl (C=O) groups is 1. The minimum absolute atomic E-state index is 0.0115. The smallest absolute Gasteiger partial charge is 0.270 e. The third-order valence-corrected chi connectivity index (χ3v) is 2.27. The molecule has 1 heterocycles. The quantitative estimate of drug-likeness (QED) is 0.358. The van der Waals surface area contributed by atoms with Crippen LogP contribution in [0, 0.1) is 10.1 Å². The van der Waals surface area contributed by atoms with E-state index in [1.54, 1.807) is 24.3 Å². The highest BCUT2D eigenvalue weighted by molar-refractivity contribution is 6.04. The first-order chi connectivity index (χ1) is 8.66. The first-order valence-corrected chi connectivity index (χ1v) is 5.17. The molecule has 0 unspecified atom stereocenters. The van der Waals surface area contributed by atoms with Crippen LogP contribution in [-0.2, 0) is 0 Å². The molecule has 1 aromatic heterocycles. The maximum absolute atomic E-state index is 11.6. The van der Waals surface area contributed by atoms with Crippen LogP contribution in [0.25, 0.3) is 6.08 Å². The van der Waals surface area contributed by atoms with Gasteiger partial charge in [0.1, 0.15) is 0 Å². The Morgan fingerprint density at radius 1 is 1.28 bits per heavy atom. The fraction of sp³-hybridized carbons (Fsp3) is 0. The molecule has 0 bridgehead atoms. The minimum atomic E-state index is -0.480. The van der Waals surface area contributed by atoms with Crippen LogP contribution < -0.4 is 0 Å².